The van der Waals surface area contributed by atoms with Gasteiger partial charge in [0.1, 0.15) is 12.0 Å². The summed E-state index contributed by atoms with van der Waals surface area (Å²) in [4.78, 5) is 9.94. The van der Waals surface area contributed by atoms with Gasteiger partial charge in [-0.25, -0.2) is 9.98 Å². The second kappa shape index (κ2) is 11.5. The quantitative estimate of drug-likeness (QED) is 0.229. The average molecular weight is 564 g/mol. The smallest absolute Gasteiger partial charge is 0.159 e. The summed E-state index contributed by atoms with van der Waals surface area (Å²) in [6, 6.07) is 50.7. The van der Waals surface area contributed by atoms with Crippen molar-refractivity contribution in [3.05, 3.63) is 167 Å². The van der Waals surface area contributed by atoms with E-state index in [1.807, 2.05) is 72.8 Å². The van der Waals surface area contributed by atoms with Gasteiger partial charge in [-0.3, -0.25) is 0 Å². The second-order valence-corrected chi connectivity index (χ2v) is 10.6. The van der Waals surface area contributed by atoms with Crippen LogP contribution in [0.25, 0.3) is 33.0 Å². The Bertz CT molecular complexity index is 2120. The molecule has 1 unspecified atom stereocenters. The molecule has 1 aliphatic heterocycles. The van der Waals surface area contributed by atoms with E-state index < -0.39 is 0 Å². The molecule has 1 atom stereocenters. The number of fused-ring (bicyclic) bond motifs is 1. The molecule has 6 aromatic carbocycles. The number of nitrogens with one attached hydrogen (secondary N) is 1. The lowest BCUT2D eigenvalue weighted by molar-refractivity contribution is 0.674. The van der Waals surface area contributed by atoms with Crippen molar-refractivity contribution in [2.45, 2.75) is 6.17 Å². The third kappa shape index (κ3) is 5.23. The third-order valence-electron chi connectivity index (χ3n) is 7.75. The van der Waals surface area contributed by atoms with Crippen molar-refractivity contribution in [1.82, 2.24) is 5.32 Å². The number of amidine groups is 2. The zero-order valence-electron chi connectivity index (χ0n) is 23.6. The van der Waals surface area contributed by atoms with E-state index in [0.717, 1.165) is 55.6 Å². The molecular formula is C39H25N5. The monoisotopic (exact) mass is 563 g/mol. The van der Waals surface area contributed by atoms with Gasteiger partial charge in [-0.05, 0) is 68.9 Å². The highest BCUT2D eigenvalue weighted by Crippen LogP contribution is 2.37. The van der Waals surface area contributed by atoms with E-state index >= 15 is 0 Å². The van der Waals surface area contributed by atoms with Crippen molar-refractivity contribution in [2.75, 3.05) is 0 Å². The largest absolute Gasteiger partial charge is 0.344 e. The Morgan fingerprint density at radius 3 is 1.68 bits per heavy atom. The lowest BCUT2D eigenvalue weighted by Gasteiger charge is -2.23. The van der Waals surface area contributed by atoms with Crippen molar-refractivity contribution >= 4 is 22.4 Å². The number of rotatable bonds is 5. The van der Waals surface area contributed by atoms with Crippen LogP contribution in [-0.2, 0) is 0 Å². The molecule has 6 aromatic rings. The number of benzene rings is 6. The molecule has 0 spiro atoms. The summed E-state index contributed by atoms with van der Waals surface area (Å²) in [6.45, 7) is 0. The Hall–Kier alpha value is -6.30. The average Bonchev–Trinajstić information content (AvgIpc) is 3.11. The maximum absolute atomic E-state index is 9.64. The van der Waals surface area contributed by atoms with Crippen LogP contribution in [0.3, 0.4) is 0 Å². The fraction of sp³-hybridized carbons (Fsp3) is 0.0256. The minimum absolute atomic E-state index is 0.271. The summed E-state index contributed by atoms with van der Waals surface area (Å²) >= 11 is 0. The lowest BCUT2D eigenvalue weighted by Crippen LogP contribution is -2.33. The molecule has 1 aliphatic rings. The van der Waals surface area contributed by atoms with E-state index in [0.29, 0.717) is 17.0 Å². The van der Waals surface area contributed by atoms with Gasteiger partial charge in [0.25, 0.3) is 0 Å². The summed E-state index contributed by atoms with van der Waals surface area (Å²) in [5, 5.41) is 25.0. The molecule has 0 saturated heterocycles. The first-order chi connectivity index (χ1) is 21.7. The van der Waals surface area contributed by atoms with Crippen molar-refractivity contribution < 1.29 is 0 Å². The highest BCUT2D eigenvalue weighted by Gasteiger charge is 2.21. The Morgan fingerprint density at radius 1 is 0.523 bits per heavy atom. The summed E-state index contributed by atoms with van der Waals surface area (Å²) in [5.41, 5.74) is 7.68. The summed E-state index contributed by atoms with van der Waals surface area (Å²) < 4.78 is 0. The van der Waals surface area contributed by atoms with Crippen LogP contribution in [0.2, 0.25) is 0 Å². The maximum Gasteiger partial charge on any atom is 0.159 e. The fourth-order valence-electron chi connectivity index (χ4n) is 5.56. The highest BCUT2D eigenvalue weighted by molar-refractivity contribution is 6.13. The Morgan fingerprint density at radius 2 is 1.07 bits per heavy atom. The van der Waals surface area contributed by atoms with Crippen molar-refractivity contribution in [1.29, 1.82) is 10.5 Å². The van der Waals surface area contributed by atoms with Crippen LogP contribution in [0.5, 0.6) is 0 Å². The molecule has 0 aromatic heterocycles. The van der Waals surface area contributed by atoms with Gasteiger partial charge in [0, 0.05) is 11.1 Å². The molecule has 7 rings (SSSR count). The number of aliphatic imine (C=N–C) groups is 2. The first kappa shape index (κ1) is 26.6. The van der Waals surface area contributed by atoms with Crippen molar-refractivity contribution in [2.24, 2.45) is 9.98 Å². The van der Waals surface area contributed by atoms with E-state index in [9.17, 15) is 10.5 Å². The molecule has 44 heavy (non-hydrogen) atoms. The van der Waals surface area contributed by atoms with E-state index in [1.54, 1.807) is 6.07 Å². The van der Waals surface area contributed by atoms with Gasteiger partial charge in [0.2, 0.25) is 0 Å². The molecule has 0 radical (unpaired) electrons. The first-order valence-corrected chi connectivity index (χ1v) is 14.3. The molecule has 0 aliphatic carbocycles. The van der Waals surface area contributed by atoms with Crippen LogP contribution >= 0.6 is 0 Å². The molecule has 1 heterocycles. The topological polar surface area (TPSA) is 84.3 Å². The summed E-state index contributed by atoms with van der Waals surface area (Å²) in [7, 11) is 0. The number of nitriles is 2. The predicted molar refractivity (Wildman–Crippen MR) is 176 cm³/mol. The molecule has 5 nitrogen and oxygen atoms in total. The van der Waals surface area contributed by atoms with Crippen LogP contribution in [-0.4, -0.2) is 11.7 Å². The van der Waals surface area contributed by atoms with Gasteiger partial charge in [-0.1, -0.05) is 109 Å². The van der Waals surface area contributed by atoms with Gasteiger partial charge in [0.05, 0.1) is 23.3 Å². The minimum Gasteiger partial charge on any atom is -0.344 e. The number of nitrogens with zero attached hydrogens (tertiary/aromatic N) is 4. The van der Waals surface area contributed by atoms with E-state index in [2.05, 4.69) is 78.1 Å². The Kier molecular flexibility index (Phi) is 6.97. The normalized spacial score (nSPS) is 14.1. The van der Waals surface area contributed by atoms with Crippen molar-refractivity contribution in [3.8, 4) is 34.4 Å². The predicted octanol–water partition coefficient (Wildman–Crippen LogP) is 8.41. The standard InChI is InChI=1S/C39H25N5/c40-24-26-19-27(25-41)21-34(20-26)36-23-33-14-8-7-13-32(33)22-35(36)28-15-17-31(18-16-28)39-43-37(29-9-3-1-4-10-29)42-38(44-39)30-11-5-2-6-12-30/h1-23,37H,(H,42,43,44). The number of hydrogen-bond donors (Lipinski definition) is 1. The van der Waals surface area contributed by atoms with Gasteiger partial charge >= 0.3 is 0 Å². The SMILES string of the molecule is N#Cc1cc(C#N)cc(-c2cc3ccccc3cc2-c2ccc(C3=NC(c4ccccc4)NC(c4ccccc4)=N3)cc2)c1. The van der Waals surface area contributed by atoms with Gasteiger partial charge in [-0.2, -0.15) is 10.5 Å². The fourth-order valence-corrected chi connectivity index (χ4v) is 5.56. The van der Waals surface area contributed by atoms with Crippen LogP contribution in [0.4, 0.5) is 0 Å². The van der Waals surface area contributed by atoms with E-state index in [4.69, 9.17) is 9.98 Å². The van der Waals surface area contributed by atoms with Crippen LogP contribution in [0, 0.1) is 22.7 Å². The Labute approximate surface area is 255 Å². The van der Waals surface area contributed by atoms with E-state index in [1.165, 1.54) is 0 Å². The summed E-state index contributed by atoms with van der Waals surface area (Å²) in [6.07, 6.45) is -0.271. The van der Waals surface area contributed by atoms with E-state index in [-0.39, 0.29) is 6.17 Å². The number of hydrogen-bond acceptors (Lipinski definition) is 5. The molecule has 0 bridgehead atoms. The van der Waals surface area contributed by atoms with Gasteiger partial charge in [-0.15, -0.1) is 0 Å². The van der Waals surface area contributed by atoms with Crippen molar-refractivity contribution in [3.63, 3.8) is 0 Å². The molecule has 0 amide bonds. The molecule has 0 saturated carbocycles. The van der Waals surface area contributed by atoms with Gasteiger partial charge < -0.3 is 5.32 Å². The second-order valence-electron chi connectivity index (χ2n) is 10.6. The van der Waals surface area contributed by atoms with Crippen LogP contribution in [0.1, 0.15) is 34.0 Å². The zero-order valence-corrected chi connectivity index (χ0v) is 23.6. The lowest BCUT2D eigenvalue weighted by atomic mass is 9.90. The van der Waals surface area contributed by atoms with Gasteiger partial charge in [0.15, 0.2) is 5.84 Å². The molecule has 1 N–H and O–H groups in total. The zero-order chi connectivity index (χ0) is 29.9. The minimum atomic E-state index is -0.271. The molecule has 0 fully saturated rings. The third-order valence-corrected chi connectivity index (χ3v) is 7.75. The first-order valence-electron chi connectivity index (χ1n) is 14.3. The summed E-state index contributed by atoms with van der Waals surface area (Å²) in [5.74, 6) is 1.43. The maximum atomic E-state index is 9.64. The molecular weight excluding hydrogens is 538 g/mol. The highest BCUT2D eigenvalue weighted by atomic mass is 15.2. The van der Waals surface area contributed by atoms with Crippen LogP contribution in [0.15, 0.2) is 150 Å². The molecule has 206 valence electrons. The molecule has 5 heteroatoms. The Balaban J connectivity index is 1.33. The van der Waals surface area contributed by atoms with Crippen LogP contribution < -0.4 is 5.32 Å².